The monoisotopic (exact) mass is 440 g/mol. The van der Waals surface area contributed by atoms with Gasteiger partial charge in [-0.05, 0) is 43.4 Å². The standard InChI is InChI=1S/C22H40N4O5/c1-12(2)10-15(23)19(27)25-18(14(5)6)20(28)24-16(11-13(3)4)21(29)26-9-7-8-17(26)22(30)31/h12-18H,7-11,23H2,1-6H3,(H,24,28)(H,25,27)(H,30,31)/t15-,16-,17-,18-/m0/s1. The minimum atomic E-state index is -1.04. The lowest BCUT2D eigenvalue weighted by molar-refractivity contribution is -0.149. The molecule has 0 bridgehead atoms. The molecule has 9 nitrogen and oxygen atoms in total. The average molecular weight is 441 g/mol. The minimum absolute atomic E-state index is 0.103. The van der Waals surface area contributed by atoms with E-state index in [1.165, 1.54) is 4.90 Å². The Kier molecular flexibility index (Phi) is 10.4. The van der Waals surface area contributed by atoms with E-state index >= 15 is 0 Å². The van der Waals surface area contributed by atoms with Crippen LogP contribution in [0.15, 0.2) is 0 Å². The predicted molar refractivity (Wildman–Crippen MR) is 118 cm³/mol. The van der Waals surface area contributed by atoms with E-state index in [2.05, 4.69) is 10.6 Å². The van der Waals surface area contributed by atoms with Crippen LogP contribution < -0.4 is 16.4 Å². The lowest BCUT2D eigenvalue weighted by atomic mass is 9.98. The summed E-state index contributed by atoms with van der Waals surface area (Å²) in [5.41, 5.74) is 5.95. The van der Waals surface area contributed by atoms with Gasteiger partial charge in [-0.15, -0.1) is 0 Å². The van der Waals surface area contributed by atoms with E-state index in [1.807, 2.05) is 27.7 Å². The van der Waals surface area contributed by atoms with Gasteiger partial charge in [0.15, 0.2) is 0 Å². The second-order valence-corrected chi connectivity index (χ2v) is 9.68. The third-order valence-corrected chi connectivity index (χ3v) is 5.45. The Morgan fingerprint density at radius 1 is 0.968 bits per heavy atom. The van der Waals surface area contributed by atoms with Crippen molar-refractivity contribution in [2.75, 3.05) is 6.54 Å². The molecule has 178 valence electrons. The first-order valence-electron chi connectivity index (χ1n) is 11.2. The van der Waals surface area contributed by atoms with Crippen molar-refractivity contribution in [3.63, 3.8) is 0 Å². The summed E-state index contributed by atoms with van der Waals surface area (Å²) in [5.74, 6) is -2.17. The largest absolute Gasteiger partial charge is 0.480 e. The Bertz CT molecular complexity index is 650. The summed E-state index contributed by atoms with van der Waals surface area (Å²) in [6, 6.07) is -3.28. The van der Waals surface area contributed by atoms with E-state index < -0.39 is 47.9 Å². The van der Waals surface area contributed by atoms with Crippen LogP contribution in [-0.4, -0.2) is 64.4 Å². The molecule has 1 aliphatic heterocycles. The highest BCUT2D eigenvalue weighted by Crippen LogP contribution is 2.20. The van der Waals surface area contributed by atoms with Gasteiger partial charge in [-0.3, -0.25) is 14.4 Å². The number of nitrogens with two attached hydrogens (primary N) is 1. The number of hydrogen-bond donors (Lipinski definition) is 4. The number of carbonyl (C=O) groups is 4. The minimum Gasteiger partial charge on any atom is -0.480 e. The summed E-state index contributed by atoms with van der Waals surface area (Å²) in [6.45, 7) is 11.7. The maximum atomic E-state index is 13.1. The molecular weight excluding hydrogens is 400 g/mol. The summed E-state index contributed by atoms with van der Waals surface area (Å²) < 4.78 is 0. The molecule has 1 heterocycles. The number of rotatable bonds is 11. The quantitative estimate of drug-likeness (QED) is 0.379. The molecule has 1 rings (SSSR count). The SMILES string of the molecule is CC(C)C[C@H](NC(=O)[C@@H](NC(=O)[C@@H](N)CC(C)C)C(C)C)C(=O)N1CCC[C@H]1C(=O)O. The Balaban J connectivity index is 2.95. The molecule has 0 aliphatic carbocycles. The number of carboxylic acids is 1. The number of amides is 3. The molecular formula is C22H40N4O5. The summed E-state index contributed by atoms with van der Waals surface area (Å²) >= 11 is 0. The van der Waals surface area contributed by atoms with Gasteiger partial charge in [-0.25, -0.2) is 4.79 Å². The van der Waals surface area contributed by atoms with Crippen molar-refractivity contribution < 1.29 is 24.3 Å². The molecule has 0 aromatic rings. The van der Waals surface area contributed by atoms with E-state index in [9.17, 15) is 24.3 Å². The van der Waals surface area contributed by atoms with E-state index in [4.69, 9.17) is 5.73 Å². The third-order valence-electron chi connectivity index (χ3n) is 5.45. The van der Waals surface area contributed by atoms with Crippen LogP contribution in [-0.2, 0) is 19.2 Å². The number of nitrogens with one attached hydrogen (secondary N) is 2. The molecule has 0 spiro atoms. The number of carbonyl (C=O) groups excluding carboxylic acids is 3. The fraction of sp³-hybridized carbons (Fsp3) is 0.818. The van der Waals surface area contributed by atoms with Crippen molar-refractivity contribution in [2.45, 2.75) is 91.4 Å². The van der Waals surface area contributed by atoms with Crippen LogP contribution in [0.3, 0.4) is 0 Å². The van der Waals surface area contributed by atoms with Crippen LogP contribution in [0.5, 0.6) is 0 Å². The highest BCUT2D eigenvalue weighted by Gasteiger charge is 2.38. The molecule has 1 fully saturated rings. The van der Waals surface area contributed by atoms with Crippen LogP contribution >= 0.6 is 0 Å². The van der Waals surface area contributed by atoms with Gasteiger partial charge >= 0.3 is 5.97 Å². The number of carboxylic acid groups (broad SMARTS) is 1. The van der Waals surface area contributed by atoms with Gasteiger partial charge < -0.3 is 26.4 Å². The van der Waals surface area contributed by atoms with Gasteiger partial charge in [0.1, 0.15) is 18.1 Å². The Labute approximate surface area is 185 Å². The van der Waals surface area contributed by atoms with E-state index in [0.717, 1.165) is 0 Å². The summed E-state index contributed by atoms with van der Waals surface area (Å²) in [5, 5.41) is 14.9. The van der Waals surface area contributed by atoms with Gasteiger partial charge in [-0.2, -0.15) is 0 Å². The van der Waals surface area contributed by atoms with Gasteiger partial charge in [-0.1, -0.05) is 41.5 Å². The van der Waals surface area contributed by atoms with E-state index in [1.54, 1.807) is 13.8 Å². The second kappa shape index (κ2) is 12.0. The third kappa shape index (κ3) is 8.12. The van der Waals surface area contributed by atoms with Crippen molar-refractivity contribution in [3.8, 4) is 0 Å². The van der Waals surface area contributed by atoms with Crippen molar-refractivity contribution in [3.05, 3.63) is 0 Å². The summed E-state index contributed by atoms with van der Waals surface area (Å²) in [6.07, 6.45) is 1.89. The van der Waals surface area contributed by atoms with Gasteiger partial charge in [0, 0.05) is 6.54 Å². The van der Waals surface area contributed by atoms with E-state index in [-0.39, 0.29) is 17.8 Å². The topological polar surface area (TPSA) is 142 Å². The zero-order valence-corrected chi connectivity index (χ0v) is 19.7. The molecule has 9 heteroatoms. The fourth-order valence-corrected chi connectivity index (χ4v) is 3.85. The number of likely N-dealkylation sites (tertiary alicyclic amines) is 1. The first kappa shape index (κ1) is 26.9. The summed E-state index contributed by atoms with van der Waals surface area (Å²) in [7, 11) is 0. The van der Waals surface area contributed by atoms with Crippen LogP contribution in [0.25, 0.3) is 0 Å². The smallest absolute Gasteiger partial charge is 0.326 e. The fourth-order valence-electron chi connectivity index (χ4n) is 3.85. The zero-order chi connectivity index (χ0) is 23.9. The predicted octanol–water partition coefficient (Wildman–Crippen LogP) is 1.11. The van der Waals surface area contributed by atoms with Crippen molar-refractivity contribution >= 4 is 23.7 Å². The first-order valence-corrected chi connectivity index (χ1v) is 11.2. The van der Waals surface area contributed by atoms with E-state index in [0.29, 0.717) is 32.2 Å². The number of aliphatic carboxylic acids is 1. The van der Waals surface area contributed by atoms with Crippen molar-refractivity contribution in [1.82, 2.24) is 15.5 Å². The summed E-state index contributed by atoms with van der Waals surface area (Å²) in [4.78, 5) is 51.5. The maximum Gasteiger partial charge on any atom is 0.326 e. The van der Waals surface area contributed by atoms with Gasteiger partial charge in [0.25, 0.3) is 0 Å². The Morgan fingerprint density at radius 3 is 2.03 bits per heavy atom. The molecule has 4 atom stereocenters. The van der Waals surface area contributed by atoms with Crippen LogP contribution in [0, 0.1) is 17.8 Å². The Morgan fingerprint density at radius 2 is 1.55 bits per heavy atom. The van der Waals surface area contributed by atoms with Crippen molar-refractivity contribution in [1.29, 1.82) is 0 Å². The molecule has 0 aromatic heterocycles. The van der Waals surface area contributed by atoms with Gasteiger partial charge in [0.2, 0.25) is 17.7 Å². The maximum absolute atomic E-state index is 13.1. The molecule has 31 heavy (non-hydrogen) atoms. The lowest BCUT2D eigenvalue weighted by Crippen LogP contribution is -2.58. The van der Waals surface area contributed by atoms with Crippen LogP contribution in [0.1, 0.15) is 67.2 Å². The normalized spacial score (nSPS) is 19.4. The molecule has 3 amide bonds. The number of hydrogen-bond acceptors (Lipinski definition) is 5. The molecule has 1 saturated heterocycles. The molecule has 1 aliphatic rings. The lowest BCUT2D eigenvalue weighted by Gasteiger charge is -2.30. The molecule has 0 saturated carbocycles. The molecule has 5 N–H and O–H groups in total. The number of nitrogens with zero attached hydrogens (tertiary/aromatic N) is 1. The van der Waals surface area contributed by atoms with Gasteiger partial charge in [0.05, 0.1) is 6.04 Å². The second-order valence-electron chi connectivity index (χ2n) is 9.68. The zero-order valence-electron chi connectivity index (χ0n) is 19.7. The average Bonchev–Trinajstić information content (AvgIpc) is 3.13. The highest BCUT2D eigenvalue weighted by atomic mass is 16.4. The van der Waals surface area contributed by atoms with Crippen LogP contribution in [0.4, 0.5) is 0 Å². The van der Waals surface area contributed by atoms with Crippen molar-refractivity contribution in [2.24, 2.45) is 23.5 Å². The Hall–Kier alpha value is -2.16. The van der Waals surface area contributed by atoms with Crippen LogP contribution in [0.2, 0.25) is 0 Å². The molecule has 0 unspecified atom stereocenters. The molecule has 0 radical (unpaired) electrons. The molecule has 0 aromatic carbocycles. The first-order chi connectivity index (χ1) is 14.3. The highest BCUT2D eigenvalue weighted by molar-refractivity contribution is 5.94.